The molecular formula is C14H16ClNS2. The van der Waals surface area contributed by atoms with Gasteiger partial charge in [0.1, 0.15) is 0 Å². The van der Waals surface area contributed by atoms with E-state index in [1.54, 1.807) is 0 Å². The molecule has 0 amide bonds. The van der Waals surface area contributed by atoms with Gasteiger partial charge in [0.15, 0.2) is 0 Å². The van der Waals surface area contributed by atoms with E-state index in [-0.39, 0.29) is 0 Å². The Hall–Kier alpha value is -0.480. The lowest BCUT2D eigenvalue weighted by Gasteiger charge is -2.04. The van der Waals surface area contributed by atoms with Crippen LogP contribution in [0.5, 0.6) is 0 Å². The molecule has 2 aromatic rings. The van der Waals surface area contributed by atoms with Crippen LogP contribution in [0.15, 0.2) is 46.7 Å². The normalized spacial score (nSPS) is 10.7. The largest absolute Gasteiger partial charge is 0.316 e. The average Bonchev–Trinajstić information content (AvgIpc) is 2.87. The first kappa shape index (κ1) is 13.9. The fourth-order valence-corrected chi connectivity index (χ4v) is 3.42. The second-order valence-electron chi connectivity index (χ2n) is 3.89. The number of hydrogen-bond donors (Lipinski definition) is 1. The standard InChI is InChI=1S/C14H16ClNS2/c15-12-3-1-4-14(11-12)18-10-8-16-7-6-13-5-2-9-17-13/h1-5,9,11,16H,6-8,10H2. The lowest BCUT2D eigenvalue weighted by atomic mass is 10.3. The molecule has 1 N–H and O–H groups in total. The van der Waals surface area contributed by atoms with Crippen LogP contribution in [0, 0.1) is 0 Å². The fraction of sp³-hybridized carbons (Fsp3) is 0.286. The maximum absolute atomic E-state index is 5.94. The van der Waals surface area contributed by atoms with Gasteiger partial charge < -0.3 is 5.32 Å². The van der Waals surface area contributed by atoms with E-state index in [2.05, 4.69) is 28.9 Å². The first-order valence-corrected chi connectivity index (χ1v) is 8.20. The van der Waals surface area contributed by atoms with Crippen LogP contribution in [0.4, 0.5) is 0 Å². The monoisotopic (exact) mass is 297 g/mol. The zero-order valence-corrected chi connectivity index (χ0v) is 12.5. The summed E-state index contributed by atoms with van der Waals surface area (Å²) in [6.07, 6.45) is 1.12. The summed E-state index contributed by atoms with van der Waals surface area (Å²) < 4.78 is 0. The SMILES string of the molecule is Clc1cccc(SCCNCCc2cccs2)c1. The third-order valence-corrected chi connectivity index (χ3v) is 4.64. The highest BCUT2D eigenvalue weighted by Gasteiger charge is 1.96. The van der Waals surface area contributed by atoms with Crippen molar-refractivity contribution in [3.05, 3.63) is 51.7 Å². The minimum Gasteiger partial charge on any atom is -0.316 e. The van der Waals surface area contributed by atoms with E-state index in [0.717, 1.165) is 30.3 Å². The molecule has 18 heavy (non-hydrogen) atoms. The Labute approximate surface area is 122 Å². The number of hydrogen-bond acceptors (Lipinski definition) is 3. The Kier molecular flexibility index (Phi) is 6.08. The summed E-state index contributed by atoms with van der Waals surface area (Å²) in [6, 6.07) is 12.3. The third kappa shape index (κ3) is 5.02. The van der Waals surface area contributed by atoms with Gasteiger partial charge >= 0.3 is 0 Å². The summed E-state index contributed by atoms with van der Waals surface area (Å²) >= 11 is 9.60. The van der Waals surface area contributed by atoms with Crippen LogP contribution in [0.3, 0.4) is 0 Å². The van der Waals surface area contributed by atoms with Gasteiger partial charge in [0.2, 0.25) is 0 Å². The van der Waals surface area contributed by atoms with E-state index in [9.17, 15) is 0 Å². The molecule has 0 spiro atoms. The Morgan fingerprint density at radius 3 is 2.89 bits per heavy atom. The summed E-state index contributed by atoms with van der Waals surface area (Å²) in [6.45, 7) is 2.08. The van der Waals surface area contributed by atoms with Crippen LogP contribution in [0.1, 0.15) is 4.88 Å². The molecule has 0 radical (unpaired) electrons. The number of halogens is 1. The molecule has 0 aliphatic heterocycles. The van der Waals surface area contributed by atoms with Crippen LogP contribution >= 0.6 is 34.7 Å². The van der Waals surface area contributed by atoms with Crippen molar-refractivity contribution < 1.29 is 0 Å². The lowest BCUT2D eigenvalue weighted by Crippen LogP contribution is -2.19. The predicted octanol–water partition coefficient (Wildman–Crippen LogP) is 4.33. The van der Waals surface area contributed by atoms with Gasteiger partial charge in [-0.05, 0) is 42.6 Å². The van der Waals surface area contributed by atoms with Gasteiger partial charge in [-0.1, -0.05) is 23.7 Å². The molecule has 0 fully saturated rings. The predicted molar refractivity (Wildman–Crippen MR) is 83.1 cm³/mol. The molecule has 96 valence electrons. The van der Waals surface area contributed by atoms with Crippen LogP contribution in [-0.2, 0) is 6.42 Å². The van der Waals surface area contributed by atoms with Crippen LogP contribution < -0.4 is 5.32 Å². The lowest BCUT2D eigenvalue weighted by molar-refractivity contribution is 0.725. The molecule has 1 aromatic heterocycles. The van der Waals surface area contributed by atoms with E-state index in [1.807, 2.05) is 41.3 Å². The molecule has 1 nitrogen and oxygen atoms in total. The molecule has 0 atom stereocenters. The summed E-state index contributed by atoms with van der Waals surface area (Å²) in [7, 11) is 0. The summed E-state index contributed by atoms with van der Waals surface area (Å²) in [4.78, 5) is 2.69. The number of rotatable bonds is 7. The Bertz CT molecular complexity index is 457. The van der Waals surface area contributed by atoms with E-state index >= 15 is 0 Å². The third-order valence-electron chi connectivity index (χ3n) is 2.47. The fourth-order valence-electron chi connectivity index (χ4n) is 1.59. The van der Waals surface area contributed by atoms with Crippen LogP contribution in [0.2, 0.25) is 5.02 Å². The Morgan fingerprint density at radius 2 is 2.11 bits per heavy atom. The van der Waals surface area contributed by atoms with Gasteiger partial charge in [0, 0.05) is 27.1 Å². The van der Waals surface area contributed by atoms with Gasteiger partial charge in [-0.3, -0.25) is 0 Å². The number of nitrogens with one attached hydrogen (secondary N) is 1. The molecule has 4 heteroatoms. The molecule has 1 aromatic carbocycles. The van der Waals surface area contributed by atoms with Crippen LogP contribution in [-0.4, -0.2) is 18.8 Å². The van der Waals surface area contributed by atoms with Crippen LogP contribution in [0.25, 0.3) is 0 Å². The molecular weight excluding hydrogens is 282 g/mol. The van der Waals surface area contributed by atoms with Gasteiger partial charge in [-0.15, -0.1) is 23.1 Å². The zero-order chi connectivity index (χ0) is 12.6. The highest BCUT2D eigenvalue weighted by Crippen LogP contribution is 2.20. The minimum absolute atomic E-state index is 0.811. The molecule has 0 aliphatic rings. The van der Waals surface area contributed by atoms with E-state index in [4.69, 9.17) is 11.6 Å². The highest BCUT2D eigenvalue weighted by atomic mass is 35.5. The van der Waals surface area contributed by atoms with Crippen molar-refractivity contribution in [2.45, 2.75) is 11.3 Å². The smallest absolute Gasteiger partial charge is 0.0417 e. The minimum atomic E-state index is 0.811. The van der Waals surface area contributed by atoms with Gasteiger partial charge in [0.05, 0.1) is 0 Å². The molecule has 0 unspecified atom stereocenters. The summed E-state index contributed by atoms with van der Waals surface area (Å²) in [5.41, 5.74) is 0. The van der Waals surface area contributed by atoms with E-state index < -0.39 is 0 Å². The van der Waals surface area contributed by atoms with Crippen molar-refractivity contribution in [3.8, 4) is 0 Å². The molecule has 0 saturated heterocycles. The molecule has 1 heterocycles. The quantitative estimate of drug-likeness (QED) is 0.603. The van der Waals surface area contributed by atoms with Crippen molar-refractivity contribution in [1.82, 2.24) is 5.32 Å². The average molecular weight is 298 g/mol. The topological polar surface area (TPSA) is 12.0 Å². The molecule has 2 rings (SSSR count). The molecule has 0 bridgehead atoms. The van der Waals surface area contributed by atoms with Gasteiger partial charge in [-0.2, -0.15) is 0 Å². The van der Waals surface area contributed by atoms with Crippen molar-refractivity contribution in [3.63, 3.8) is 0 Å². The summed E-state index contributed by atoms with van der Waals surface area (Å²) in [5, 5.41) is 6.40. The number of thiophene rings is 1. The first-order valence-electron chi connectivity index (χ1n) is 5.96. The Morgan fingerprint density at radius 1 is 1.17 bits per heavy atom. The van der Waals surface area contributed by atoms with Crippen molar-refractivity contribution in [2.24, 2.45) is 0 Å². The maximum Gasteiger partial charge on any atom is 0.0417 e. The van der Waals surface area contributed by atoms with Crippen molar-refractivity contribution in [2.75, 3.05) is 18.8 Å². The van der Waals surface area contributed by atoms with Gasteiger partial charge in [0.25, 0.3) is 0 Å². The first-order chi connectivity index (χ1) is 8.84. The van der Waals surface area contributed by atoms with Crippen molar-refractivity contribution >= 4 is 34.7 Å². The van der Waals surface area contributed by atoms with E-state index in [1.165, 1.54) is 9.77 Å². The summed E-state index contributed by atoms with van der Waals surface area (Å²) in [5.74, 6) is 1.07. The maximum atomic E-state index is 5.94. The number of thioether (sulfide) groups is 1. The van der Waals surface area contributed by atoms with Crippen molar-refractivity contribution in [1.29, 1.82) is 0 Å². The second-order valence-corrected chi connectivity index (χ2v) is 6.52. The van der Waals surface area contributed by atoms with E-state index in [0.29, 0.717) is 0 Å². The number of benzene rings is 1. The molecule has 0 aliphatic carbocycles. The van der Waals surface area contributed by atoms with Gasteiger partial charge in [-0.25, -0.2) is 0 Å². The zero-order valence-electron chi connectivity index (χ0n) is 10.1. The molecule has 0 saturated carbocycles. The Balaban J connectivity index is 1.56. The second kappa shape index (κ2) is 7.85. The highest BCUT2D eigenvalue weighted by molar-refractivity contribution is 7.99.